The average molecular weight is 319 g/mol. The van der Waals surface area contributed by atoms with Crippen LogP contribution in [0.4, 0.5) is 0 Å². The zero-order valence-corrected chi connectivity index (χ0v) is 13.0. The number of hydrogen-bond acceptors (Lipinski definition) is 2. The van der Waals surface area contributed by atoms with Crippen LogP contribution in [0, 0.1) is 0 Å². The van der Waals surface area contributed by atoms with E-state index in [2.05, 4.69) is 64.4 Å². The van der Waals surface area contributed by atoms with Gasteiger partial charge in [-0.3, -0.25) is 4.98 Å². The molecule has 2 nitrogen and oxygen atoms in total. The molecule has 0 atom stereocenters. The summed E-state index contributed by atoms with van der Waals surface area (Å²) in [4.78, 5) is 4.50. The maximum atomic E-state index is 4.50. The van der Waals surface area contributed by atoms with Gasteiger partial charge in [0.05, 0.1) is 5.52 Å². The lowest BCUT2D eigenvalue weighted by Gasteiger charge is -2.06. The molecule has 0 aliphatic heterocycles. The second-order valence-electron chi connectivity index (χ2n) is 4.70. The van der Waals surface area contributed by atoms with Crippen molar-refractivity contribution in [3.63, 3.8) is 0 Å². The Kier molecular flexibility index (Phi) is 5.11. The lowest BCUT2D eigenvalue weighted by molar-refractivity contribution is 0.715. The summed E-state index contributed by atoms with van der Waals surface area (Å²) in [6.07, 6.45) is 5.22. The Morgan fingerprint density at radius 2 is 2.21 bits per heavy atom. The van der Waals surface area contributed by atoms with Crippen LogP contribution in [0.3, 0.4) is 0 Å². The number of pyridine rings is 1. The van der Waals surface area contributed by atoms with E-state index in [0.717, 1.165) is 34.9 Å². The lowest BCUT2D eigenvalue weighted by Crippen LogP contribution is -2.16. The first-order chi connectivity index (χ1) is 9.22. The van der Waals surface area contributed by atoms with Crippen LogP contribution in [0.2, 0.25) is 0 Å². The first kappa shape index (κ1) is 14.2. The van der Waals surface area contributed by atoms with Crippen LogP contribution in [-0.2, 0) is 0 Å². The van der Waals surface area contributed by atoms with Gasteiger partial charge < -0.3 is 5.32 Å². The van der Waals surface area contributed by atoms with E-state index in [1.165, 1.54) is 11.1 Å². The summed E-state index contributed by atoms with van der Waals surface area (Å²) < 4.78 is 1.09. The molecule has 0 aliphatic rings. The van der Waals surface area contributed by atoms with Crippen LogP contribution in [0.15, 0.2) is 40.5 Å². The van der Waals surface area contributed by atoms with Crippen LogP contribution in [-0.4, -0.2) is 18.1 Å². The van der Waals surface area contributed by atoms with E-state index in [1.807, 2.05) is 12.3 Å². The van der Waals surface area contributed by atoms with Crippen molar-refractivity contribution < 1.29 is 0 Å². The van der Waals surface area contributed by atoms with Gasteiger partial charge in [0.1, 0.15) is 0 Å². The summed E-state index contributed by atoms with van der Waals surface area (Å²) in [5, 5.41) is 4.57. The second-order valence-corrected chi connectivity index (χ2v) is 5.56. The number of rotatable bonds is 5. The molecule has 19 heavy (non-hydrogen) atoms. The van der Waals surface area contributed by atoms with Gasteiger partial charge in [0.2, 0.25) is 0 Å². The van der Waals surface area contributed by atoms with Gasteiger partial charge in [-0.2, -0.15) is 0 Å². The molecule has 1 aromatic carbocycles. The van der Waals surface area contributed by atoms with Crippen molar-refractivity contribution in [1.29, 1.82) is 0 Å². The van der Waals surface area contributed by atoms with Crippen LogP contribution < -0.4 is 5.32 Å². The van der Waals surface area contributed by atoms with Crippen molar-refractivity contribution in [2.24, 2.45) is 0 Å². The molecule has 2 rings (SSSR count). The van der Waals surface area contributed by atoms with Crippen molar-refractivity contribution in [2.45, 2.75) is 20.3 Å². The number of fused-ring (bicyclic) bond motifs is 1. The van der Waals surface area contributed by atoms with Crippen molar-refractivity contribution in [1.82, 2.24) is 10.3 Å². The normalized spacial score (nSPS) is 12.1. The van der Waals surface area contributed by atoms with Gasteiger partial charge in [-0.05, 0) is 32.0 Å². The standard InChI is InChI=1S/C16H19BrN2/c1-3-8-18-11-12(2)10-13-6-7-15(17)14-5-4-9-19-16(13)14/h4-7,9-10,18H,3,8,11H2,1-2H3/b12-10+. The summed E-state index contributed by atoms with van der Waals surface area (Å²) in [6.45, 7) is 6.32. The van der Waals surface area contributed by atoms with E-state index >= 15 is 0 Å². The first-order valence-corrected chi connectivity index (χ1v) is 7.42. The van der Waals surface area contributed by atoms with E-state index in [0.29, 0.717) is 0 Å². The molecule has 3 heteroatoms. The zero-order valence-electron chi connectivity index (χ0n) is 11.4. The Balaban J connectivity index is 2.30. The van der Waals surface area contributed by atoms with Crippen molar-refractivity contribution in [3.8, 4) is 0 Å². The molecule has 0 unspecified atom stereocenters. The molecule has 0 saturated carbocycles. The van der Waals surface area contributed by atoms with Gasteiger partial charge >= 0.3 is 0 Å². The van der Waals surface area contributed by atoms with Crippen molar-refractivity contribution in [3.05, 3.63) is 46.1 Å². The SMILES string of the molecule is CCCNC/C(C)=C/c1ccc(Br)c2cccnc12. The molecular weight excluding hydrogens is 300 g/mol. The minimum Gasteiger partial charge on any atom is -0.313 e. The van der Waals surface area contributed by atoms with Crippen LogP contribution in [0.5, 0.6) is 0 Å². The van der Waals surface area contributed by atoms with Crippen molar-refractivity contribution in [2.75, 3.05) is 13.1 Å². The number of nitrogens with one attached hydrogen (secondary N) is 1. The maximum Gasteiger partial charge on any atom is 0.0785 e. The summed E-state index contributed by atoms with van der Waals surface area (Å²) in [7, 11) is 0. The highest BCUT2D eigenvalue weighted by atomic mass is 79.9. The van der Waals surface area contributed by atoms with E-state index in [1.54, 1.807) is 0 Å². The lowest BCUT2D eigenvalue weighted by atomic mass is 10.1. The fourth-order valence-electron chi connectivity index (χ4n) is 2.06. The summed E-state index contributed by atoms with van der Waals surface area (Å²) in [5.74, 6) is 0. The molecule has 0 amide bonds. The number of hydrogen-bond donors (Lipinski definition) is 1. The molecule has 0 aliphatic carbocycles. The van der Waals surface area contributed by atoms with Gasteiger partial charge in [-0.25, -0.2) is 0 Å². The predicted molar refractivity (Wildman–Crippen MR) is 86.3 cm³/mol. The fraction of sp³-hybridized carbons (Fsp3) is 0.312. The fourth-order valence-corrected chi connectivity index (χ4v) is 2.51. The van der Waals surface area contributed by atoms with Crippen molar-refractivity contribution >= 4 is 32.9 Å². The Labute approximate surface area is 123 Å². The Bertz CT molecular complexity index is 590. The molecule has 0 spiro atoms. The van der Waals surface area contributed by atoms with Crippen LogP contribution >= 0.6 is 15.9 Å². The van der Waals surface area contributed by atoms with Gasteiger partial charge in [-0.1, -0.05) is 46.6 Å². The highest BCUT2D eigenvalue weighted by Crippen LogP contribution is 2.26. The topological polar surface area (TPSA) is 24.9 Å². The highest BCUT2D eigenvalue weighted by molar-refractivity contribution is 9.10. The average Bonchev–Trinajstić information content (AvgIpc) is 2.43. The molecule has 100 valence electrons. The Morgan fingerprint density at radius 3 is 3.00 bits per heavy atom. The van der Waals surface area contributed by atoms with E-state index in [9.17, 15) is 0 Å². The molecule has 0 bridgehead atoms. The molecular formula is C16H19BrN2. The molecule has 1 heterocycles. The van der Waals surface area contributed by atoms with Crippen LogP contribution in [0.1, 0.15) is 25.8 Å². The number of aromatic nitrogens is 1. The maximum absolute atomic E-state index is 4.50. The summed E-state index contributed by atoms with van der Waals surface area (Å²) in [5.41, 5.74) is 3.55. The Hall–Kier alpha value is -1.19. The number of benzene rings is 1. The molecule has 1 N–H and O–H groups in total. The minimum atomic E-state index is 0.929. The third-order valence-electron chi connectivity index (χ3n) is 2.98. The first-order valence-electron chi connectivity index (χ1n) is 6.63. The van der Waals surface area contributed by atoms with Gasteiger partial charge in [0.15, 0.2) is 0 Å². The predicted octanol–water partition coefficient (Wildman–Crippen LogP) is 4.40. The number of halogens is 1. The molecule has 0 fully saturated rings. The largest absolute Gasteiger partial charge is 0.313 e. The van der Waals surface area contributed by atoms with Gasteiger partial charge in [0, 0.05) is 28.2 Å². The van der Waals surface area contributed by atoms with Gasteiger partial charge in [0.25, 0.3) is 0 Å². The molecule has 0 radical (unpaired) electrons. The second kappa shape index (κ2) is 6.83. The smallest absolute Gasteiger partial charge is 0.0785 e. The monoisotopic (exact) mass is 318 g/mol. The quantitative estimate of drug-likeness (QED) is 0.826. The third-order valence-corrected chi connectivity index (χ3v) is 3.67. The van der Waals surface area contributed by atoms with E-state index in [4.69, 9.17) is 0 Å². The minimum absolute atomic E-state index is 0.929. The van der Waals surface area contributed by atoms with E-state index < -0.39 is 0 Å². The number of nitrogens with zero attached hydrogens (tertiary/aromatic N) is 1. The van der Waals surface area contributed by atoms with Gasteiger partial charge in [-0.15, -0.1) is 0 Å². The zero-order chi connectivity index (χ0) is 13.7. The summed E-state index contributed by atoms with van der Waals surface area (Å²) >= 11 is 3.58. The van der Waals surface area contributed by atoms with Crippen LogP contribution in [0.25, 0.3) is 17.0 Å². The third kappa shape index (κ3) is 3.64. The van der Waals surface area contributed by atoms with E-state index in [-0.39, 0.29) is 0 Å². The molecule has 0 saturated heterocycles. The Morgan fingerprint density at radius 1 is 1.37 bits per heavy atom. The molecule has 2 aromatic rings. The summed E-state index contributed by atoms with van der Waals surface area (Å²) in [6, 6.07) is 8.26. The highest BCUT2D eigenvalue weighted by Gasteiger charge is 2.03. The molecule has 1 aromatic heterocycles.